The van der Waals surface area contributed by atoms with Crippen LogP contribution in [0.3, 0.4) is 0 Å². The Morgan fingerprint density at radius 2 is 1.61 bits per heavy atom. The van der Waals surface area contributed by atoms with Crippen LogP contribution in [0.1, 0.15) is 35.2 Å². The van der Waals surface area contributed by atoms with Crippen molar-refractivity contribution in [2.45, 2.75) is 19.3 Å². The summed E-state index contributed by atoms with van der Waals surface area (Å²) in [6.07, 6.45) is 0.630. The van der Waals surface area contributed by atoms with E-state index in [0.717, 1.165) is 17.1 Å². The molecule has 6 nitrogen and oxygen atoms in total. The first-order chi connectivity index (χ1) is 15.1. The molecule has 0 aromatic heterocycles. The Morgan fingerprint density at radius 1 is 0.935 bits per heavy atom. The standard InChI is InChI=1S/C25H24N2O4/c1-2-30-20-13-11-19(12-14-20)26-24(28)17-7-9-18(10-8-17)27-25(29)22-15-16-31-23-6-4-3-5-21(22)23/h3-14,22H,2,15-16H2,1H3,(H,26,28)(H,27,29). The maximum absolute atomic E-state index is 12.8. The Kier molecular flexibility index (Phi) is 6.17. The van der Waals surface area contributed by atoms with Crippen LogP contribution in [-0.4, -0.2) is 25.0 Å². The van der Waals surface area contributed by atoms with Crippen LogP contribution in [0.15, 0.2) is 72.8 Å². The van der Waals surface area contributed by atoms with Gasteiger partial charge in [0.05, 0.1) is 19.1 Å². The van der Waals surface area contributed by atoms with E-state index in [1.54, 1.807) is 36.4 Å². The number of para-hydroxylation sites is 1. The van der Waals surface area contributed by atoms with E-state index in [2.05, 4.69) is 10.6 Å². The second-order valence-electron chi connectivity index (χ2n) is 7.21. The molecule has 3 aromatic rings. The molecule has 0 saturated carbocycles. The summed E-state index contributed by atoms with van der Waals surface area (Å²) < 4.78 is 11.0. The molecule has 158 valence electrons. The normalized spacial score (nSPS) is 14.7. The molecule has 1 heterocycles. The third kappa shape index (κ3) is 4.86. The van der Waals surface area contributed by atoms with E-state index in [1.807, 2.05) is 43.3 Å². The minimum atomic E-state index is -0.257. The molecule has 3 aromatic carbocycles. The first kappa shape index (κ1) is 20.5. The smallest absolute Gasteiger partial charge is 0.255 e. The molecule has 1 atom stereocenters. The largest absolute Gasteiger partial charge is 0.494 e. The fraction of sp³-hybridized carbons (Fsp3) is 0.200. The summed E-state index contributed by atoms with van der Waals surface area (Å²) >= 11 is 0. The second kappa shape index (κ2) is 9.34. The van der Waals surface area contributed by atoms with Crippen LogP contribution in [0.25, 0.3) is 0 Å². The zero-order chi connectivity index (χ0) is 21.6. The first-order valence-electron chi connectivity index (χ1n) is 10.3. The van der Waals surface area contributed by atoms with Crippen LogP contribution in [0.2, 0.25) is 0 Å². The predicted octanol–water partition coefficient (Wildman–Crippen LogP) is 4.84. The first-order valence-corrected chi connectivity index (χ1v) is 10.3. The van der Waals surface area contributed by atoms with Crippen LogP contribution < -0.4 is 20.1 Å². The van der Waals surface area contributed by atoms with Gasteiger partial charge in [-0.25, -0.2) is 0 Å². The summed E-state index contributed by atoms with van der Waals surface area (Å²) in [5.74, 6) is 0.957. The fourth-order valence-electron chi connectivity index (χ4n) is 3.55. The monoisotopic (exact) mass is 416 g/mol. The lowest BCUT2D eigenvalue weighted by Crippen LogP contribution is -2.26. The summed E-state index contributed by atoms with van der Waals surface area (Å²) in [7, 11) is 0. The van der Waals surface area contributed by atoms with E-state index in [1.165, 1.54) is 0 Å². The summed E-state index contributed by atoms with van der Waals surface area (Å²) in [6, 6.07) is 21.7. The molecule has 1 aliphatic rings. The molecule has 0 spiro atoms. The highest BCUT2D eigenvalue weighted by molar-refractivity contribution is 6.04. The van der Waals surface area contributed by atoms with Gasteiger partial charge in [0.1, 0.15) is 11.5 Å². The third-order valence-corrected chi connectivity index (χ3v) is 5.11. The molecule has 4 rings (SSSR count). The number of hydrogen-bond donors (Lipinski definition) is 2. The van der Waals surface area contributed by atoms with Crippen molar-refractivity contribution in [2.75, 3.05) is 23.8 Å². The molecule has 0 bridgehead atoms. The van der Waals surface area contributed by atoms with Gasteiger partial charge in [-0.2, -0.15) is 0 Å². The molecule has 31 heavy (non-hydrogen) atoms. The Labute approximate surface area is 181 Å². The molecule has 0 aliphatic carbocycles. The number of ether oxygens (including phenoxy) is 2. The fourth-order valence-corrected chi connectivity index (χ4v) is 3.55. The van der Waals surface area contributed by atoms with Crippen LogP contribution >= 0.6 is 0 Å². The van der Waals surface area contributed by atoms with Gasteiger partial charge in [0.2, 0.25) is 5.91 Å². The average Bonchev–Trinajstić information content (AvgIpc) is 2.80. The molecule has 6 heteroatoms. The van der Waals surface area contributed by atoms with Crippen LogP contribution in [-0.2, 0) is 4.79 Å². The molecule has 0 saturated heterocycles. The quantitative estimate of drug-likeness (QED) is 0.603. The van der Waals surface area contributed by atoms with Gasteiger partial charge in [-0.1, -0.05) is 18.2 Å². The highest BCUT2D eigenvalue weighted by Crippen LogP contribution is 2.34. The molecular weight excluding hydrogens is 392 g/mol. The van der Waals surface area contributed by atoms with Crippen molar-refractivity contribution in [3.63, 3.8) is 0 Å². The minimum absolute atomic E-state index is 0.0812. The second-order valence-corrected chi connectivity index (χ2v) is 7.21. The van der Waals surface area contributed by atoms with Gasteiger partial charge in [0, 0.05) is 22.5 Å². The molecule has 1 aliphatic heterocycles. The molecular formula is C25H24N2O4. The molecule has 2 amide bonds. The van der Waals surface area contributed by atoms with Crippen molar-refractivity contribution in [3.8, 4) is 11.5 Å². The highest BCUT2D eigenvalue weighted by Gasteiger charge is 2.27. The maximum Gasteiger partial charge on any atom is 0.255 e. The molecule has 0 radical (unpaired) electrons. The van der Waals surface area contributed by atoms with Gasteiger partial charge in [-0.15, -0.1) is 0 Å². The number of anilines is 2. The van der Waals surface area contributed by atoms with Gasteiger partial charge < -0.3 is 20.1 Å². The lowest BCUT2D eigenvalue weighted by Gasteiger charge is -2.25. The third-order valence-electron chi connectivity index (χ3n) is 5.11. The minimum Gasteiger partial charge on any atom is -0.494 e. The Morgan fingerprint density at radius 3 is 2.35 bits per heavy atom. The van der Waals surface area contributed by atoms with Crippen molar-refractivity contribution < 1.29 is 19.1 Å². The zero-order valence-electron chi connectivity index (χ0n) is 17.3. The van der Waals surface area contributed by atoms with Gasteiger partial charge in [0.25, 0.3) is 5.91 Å². The summed E-state index contributed by atoms with van der Waals surface area (Å²) in [5.41, 5.74) is 2.73. The maximum atomic E-state index is 12.8. The van der Waals surface area contributed by atoms with Crippen LogP contribution in [0.4, 0.5) is 11.4 Å². The average molecular weight is 416 g/mol. The van der Waals surface area contributed by atoms with Crippen LogP contribution in [0, 0.1) is 0 Å². The SMILES string of the molecule is CCOc1ccc(NC(=O)c2ccc(NC(=O)C3CCOc4ccccc43)cc2)cc1. The van der Waals surface area contributed by atoms with Crippen LogP contribution in [0.5, 0.6) is 11.5 Å². The van der Waals surface area contributed by atoms with E-state index >= 15 is 0 Å². The van der Waals surface area contributed by atoms with Crippen molar-refractivity contribution in [1.82, 2.24) is 0 Å². The van der Waals surface area contributed by atoms with Crippen molar-refractivity contribution >= 4 is 23.2 Å². The number of rotatable bonds is 6. The van der Waals surface area contributed by atoms with E-state index in [0.29, 0.717) is 36.6 Å². The van der Waals surface area contributed by atoms with E-state index < -0.39 is 0 Å². The number of amides is 2. The van der Waals surface area contributed by atoms with E-state index in [9.17, 15) is 9.59 Å². The zero-order valence-corrected chi connectivity index (χ0v) is 17.3. The van der Waals surface area contributed by atoms with Crippen molar-refractivity contribution in [3.05, 3.63) is 83.9 Å². The molecule has 1 unspecified atom stereocenters. The van der Waals surface area contributed by atoms with Gasteiger partial charge in [-0.3, -0.25) is 9.59 Å². The van der Waals surface area contributed by atoms with Crippen molar-refractivity contribution in [2.24, 2.45) is 0 Å². The van der Waals surface area contributed by atoms with E-state index in [-0.39, 0.29) is 17.7 Å². The lowest BCUT2D eigenvalue weighted by molar-refractivity contribution is -0.118. The number of carbonyl (C=O) groups is 2. The van der Waals surface area contributed by atoms with Crippen molar-refractivity contribution in [1.29, 1.82) is 0 Å². The summed E-state index contributed by atoms with van der Waals surface area (Å²) in [6.45, 7) is 3.03. The molecule has 0 fully saturated rings. The Hall–Kier alpha value is -3.80. The highest BCUT2D eigenvalue weighted by atomic mass is 16.5. The number of carbonyl (C=O) groups excluding carboxylic acids is 2. The van der Waals surface area contributed by atoms with Gasteiger partial charge >= 0.3 is 0 Å². The number of nitrogens with one attached hydrogen (secondary N) is 2. The van der Waals surface area contributed by atoms with Gasteiger partial charge in [0.15, 0.2) is 0 Å². The molecule has 2 N–H and O–H groups in total. The number of hydrogen-bond acceptors (Lipinski definition) is 4. The number of benzene rings is 3. The summed E-state index contributed by atoms with van der Waals surface area (Å²) in [5, 5.41) is 5.80. The summed E-state index contributed by atoms with van der Waals surface area (Å²) in [4.78, 5) is 25.3. The lowest BCUT2D eigenvalue weighted by atomic mass is 9.92. The predicted molar refractivity (Wildman–Crippen MR) is 120 cm³/mol. The Balaban J connectivity index is 1.38. The Bertz CT molecular complexity index is 1060. The van der Waals surface area contributed by atoms with E-state index in [4.69, 9.17) is 9.47 Å². The topological polar surface area (TPSA) is 76.7 Å². The number of fused-ring (bicyclic) bond motifs is 1. The van der Waals surface area contributed by atoms with Gasteiger partial charge in [-0.05, 0) is 67.9 Å².